The maximum absolute atomic E-state index is 12.8. The molecule has 3 rings (SSSR count). The summed E-state index contributed by atoms with van der Waals surface area (Å²) in [5.41, 5.74) is 0.366. The van der Waals surface area contributed by atoms with Crippen molar-refractivity contribution < 1.29 is 32.8 Å². The van der Waals surface area contributed by atoms with Gasteiger partial charge in [0, 0.05) is 25.2 Å². The number of likely N-dealkylation sites (tertiary alicyclic amines) is 1. The molecule has 1 aliphatic heterocycles. The molecule has 164 valence electrons. The number of nitrogens with zero attached hydrogens (tertiary/aromatic N) is 2. The monoisotopic (exact) mass is 434 g/mol. The Labute approximate surface area is 176 Å². The molecule has 0 aliphatic carbocycles. The third-order valence-corrected chi connectivity index (χ3v) is 4.88. The van der Waals surface area contributed by atoms with Gasteiger partial charge in [0.2, 0.25) is 0 Å². The number of para-hydroxylation sites is 1. The number of piperidine rings is 1. The highest BCUT2D eigenvalue weighted by atomic mass is 19.3. The van der Waals surface area contributed by atoms with Gasteiger partial charge in [0.05, 0.1) is 16.4 Å². The van der Waals surface area contributed by atoms with Crippen LogP contribution in [0.3, 0.4) is 0 Å². The Hall–Kier alpha value is -3.56. The Morgan fingerprint density at radius 2 is 1.97 bits per heavy atom. The summed E-state index contributed by atoms with van der Waals surface area (Å²) in [7, 11) is 0. The van der Waals surface area contributed by atoms with Crippen LogP contribution in [-0.4, -0.2) is 41.4 Å². The van der Waals surface area contributed by atoms with E-state index in [9.17, 15) is 28.5 Å². The highest BCUT2D eigenvalue weighted by molar-refractivity contribution is 5.97. The van der Waals surface area contributed by atoms with Crippen LogP contribution in [0.5, 0.6) is 5.75 Å². The van der Waals surface area contributed by atoms with Gasteiger partial charge < -0.3 is 14.4 Å². The first-order valence-corrected chi connectivity index (χ1v) is 9.58. The fourth-order valence-electron chi connectivity index (χ4n) is 3.40. The maximum atomic E-state index is 12.8. The summed E-state index contributed by atoms with van der Waals surface area (Å²) < 4.78 is 35.0. The molecule has 31 heavy (non-hydrogen) atoms. The first-order valence-electron chi connectivity index (χ1n) is 9.58. The smallest absolute Gasteiger partial charge is 0.387 e. The van der Waals surface area contributed by atoms with E-state index in [1.165, 1.54) is 41.3 Å². The standard InChI is InChI=1S/C21H20F2N2O6/c22-21(23)31-18-9-2-1-8-17(18)19(26)24-10-4-6-15(12-24)20(27)30-13-14-5-3-7-16(11-14)25(28)29/h1-3,5,7-9,11,15,21H,4,6,10,12-13H2. The van der Waals surface area contributed by atoms with Crippen LogP contribution in [0.2, 0.25) is 0 Å². The van der Waals surface area contributed by atoms with Gasteiger partial charge in [-0.25, -0.2) is 0 Å². The quantitative estimate of drug-likeness (QED) is 0.374. The van der Waals surface area contributed by atoms with Crippen molar-refractivity contribution in [3.05, 3.63) is 69.8 Å². The Balaban J connectivity index is 1.62. The van der Waals surface area contributed by atoms with Crippen LogP contribution in [0.4, 0.5) is 14.5 Å². The van der Waals surface area contributed by atoms with Crippen LogP contribution in [0.15, 0.2) is 48.5 Å². The molecular formula is C21H20F2N2O6. The van der Waals surface area contributed by atoms with Crippen LogP contribution in [-0.2, 0) is 16.1 Å². The van der Waals surface area contributed by atoms with Crippen molar-refractivity contribution in [2.75, 3.05) is 13.1 Å². The van der Waals surface area contributed by atoms with Gasteiger partial charge in [-0.2, -0.15) is 8.78 Å². The number of nitro benzene ring substituents is 1. The number of non-ortho nitro benzene ring substituents is 1. The average Bonchev–Trinajstić information content (AvgIpc) is 2.77. The molecule has 1 fully saturated rings. The second-order valence-corrected chi connectivity index (χ2v) is 7.00. The van der Waals surface area contributed by atoms with E-state index in [4.69, 9.17) is 4.74 Å². The van der Waals surface area contributed by atoms with E-state index in [0.717, 1.165) is 0 Å². The van der Waals surface area contributed by atoms with Crippen LogP contribution in [0, 0.1) is 16.0 Å². The van der Waals surface area contributed by atoms with Gasteiger partial charge in [0.15, 0.2) is 0 Å². The molecule has 1 unspecified atom stereocenters. The lowest BCUT2D eigenvalue weighted by Gasteiger charge is -2.32. The lowest BCUT2D eigenvalue weighted by Crippen LogP contribution is -2.43. The number of hydrogen-bond acceptors (Lipinski definition) is 6. The molecule has 1 amide bonds. The van der Waals surface area contributed by atoms with Crippen molar-refractivity contribution >= 4 is 17.6 Å². The van der Waals surface area contributed by atoms with Crippen molar-refractivity contribution in [3.8, 4) is 5.75 Å². The lowest BCUT2D eigenvalue weighted by atomic mass is 9.97. The number of carbonyl (C=O) groups is 2. The molecule has 8 nitrogen and oxygen atoms in total. The molecule has 2 aromatic carbocycles. The Morgan fingerprint density at radius 3 is 2.71 bits per heavy atom. The molecule has 2 aromatic rings. The molecule has 1 saturated heterocycles. The summed E-state index contributed by atoms with van der Waals surface area (Å²) >= 11 is 0. The third-order valence-electron chi connectivity index (χ3n) is 4.88. The van der Waals surface area contributed by atoms with Crippen LogP contribution in [0.1, 0.15) is 28.8 Å². The summed E-state index contributed by atoms with van der Waals surface area (Å²) in [5.74, 6) is -1.84. The maximum Gasteiger partial charge on any atom is 0.387 e. The molecule has 0 radical (unpaired) electrons. The number of carbonyl (C=O) groups excluding carboxylic acids is 2. The van der Waals surface area contributed by atoms with E-state index in [0.29, 0.717) is 24.9 Å². The van der Waals surface area contributed by atoms with Gasteiger partial charge in [-0.05, 0) is 30.5 Å². The van der Waals surface area contributed by atoms with E-state index < -0.39 is 29.3 Å². The van der Waals surface area contributed by atoms with E-state index in [1.807, 2.05) is 0 Å². The molecule has 1 aliphatic rings. The lowest BCUT2D eigenvalue weighted by molar-refractivity contribution is -0.384. The fourth-order valence-corrected chi connectivity index (χ4v) is 3.40. The predicted molar refractivity (Wildman–Crippen MR) is 105 cm³/mol. The van der Waals surface area contributed by atoms with Crippen molar-refractivity contribution in [1.82, 2.24) is 4.90 Å². The number of benzene rings is 2. The molecular weight excluding hydrogens is 414 g/mol. The molecule has 0 bridgehead atoms. The van der Waals surface area contributed by atoms with Gasteiger partial charge in [-0.3, -0.25) is 19.7 Å². The number of nitro groups is 1. The summed E-state index contributed by atoms with van der Waals surface area (Å²) in [5, 5.41) is 10.8. The van der Waals surface area contributed by atoms with Crippen molar-refractivity contribution in [2.45, 2.75) is 26.1 Å². The molecule has 0 N–H and O–H groups in total. The summed E-state index contributed by atoms with van der Waals surface area (Å²) in [6.45, 7) is -2.74. The van der Waals surface area contributed by atoms with E-state index in [2.05, 4.69) is 4.74 Å². The second kappa shape index (κ2) is 9.96. The first kappa shape index (κ1) is 22.1. The van der Waals surface area contributed by atoms with Gasteiger partial charge in [-0.15, -0.1) is 0 Å². The largest absolute Gasteiger partial charge is 0.461 e. The number of ether oxygens (including phenoxy) is 2. The number of amides is 1. The van der Waals surface area contributed by atoms with E-state index >= 15 is 0 Å². The Morgan fingerprint density at radius 1 is 1.19 bits per heavy atom. The third kappa shape index (κ3) is 5.74. The van der Waals surface area contributed by atoms with Gasteiger partial charge in [-0.1, -0.05) is 24.3 Å². The first-order chi connectivity index (χ1) is 14.8. The number of alkyl halides is 2. The van der Waals surface area contributed by atoms with Gasteiger partial charge in [0.25, 0.3) is 11.6 Å². The summed E-state index contributed by atoms with van der Waals surface area (Å²) in [4.78, 5) is 37.1. The SMILES string of the molecule is O=C(OCc1cccc([N+](=O)[O-])c1)C1CCCN(C(=O)c2ccccc2OC(F)F)C1. The molecule has 0 spiro atoms. The zero-order chi connectivity index (χ0) is 22.4. The molecule has 0 saturated carbocycles. The van der Waals surface area contributed by atoms with Gasteiger partial charge in [0.1, 0.15) is 12.4 Å². The van der Waals surface area contributed by atoms with Crippen LogP contribution < -0.4 is 4.74 Å². The van der Waals surface area contributed by atoms with Crippen molar-refractivity contribution in [3.63, 3.8) is 0 Å². The van der Waals surface area contributed by atoms with Crippen LogP contribution in [0.25, 0.3) is 0 Å². The van der Waals surface area contributed by atoms with Crippen molar-refractivity contribution in [2.24, 2.45) is 5.92 Å². The van der Waals surface area contributed by atoms with Gasteiger partial charge >= 0.3 is 12.6 Å². The minimum Gasteiger partial charge on any atom is -0.461 e. The highest BCUT2D eigenvalue weighted by Crippen LogP contribution is 2.26. The van der Waals surface area contributed by atoms with Crippen LogP contribution >= 0.6 is 0 Å². The number of esters is 1. The molecule has 0 aromatic heterocycles. The minimum atomic E-state index is -3.06. The van der Waals surface area contributed by atoms with E-state index in [1.54, 1.807) is 12.1 Å². The van der Waals surface area contributed by atoms with Crippen molar-refractivity contribution in [1.29, 1.82) is 0 Å². The number of hydrogen-bond donors (Lipinski definition) is 0. The molecule has 1 atom stereocenters. The molecule has 10 heteroatoms. The summed E-state index contributed by atoms with van der Waals surface area (Å²) in [6.07, 6.45) is 1.05. The second-order valence-electron chi connectivity index (χ2n) is 7.00. The zero-order valence-electron chi connectivity index (χ0n) is 16.4. The number of halogens is 2. The normalized spacial score (nSPS) is 16.1. The topological polar surface area (TPSA) is 99.0 Å². The van der Waals surface area contributed by atoms with E-state index in [-0.39, 0.29) is 30.2 Å². The Bertz CT molecular complexity index is 968. The minimum absolute atomic E-state index is 0.00610. The predicted octanol–water partition coefficient (Wildman–Crippen LogP) is 3.79. The molecule has 1 heterocycles. The average molecular weight is 434 g/mol. The Kier molecular flexibility index (Phi) is 7.11. The zero-order valence-corrected chi connectivity index (χ0v) is 16.4. The fraction of sp³-hybridized carbons (Fsp3) is 0.333. The highest BCUT2D eigenvalue weighted by Gasteiger charge is 2.31. The summed E-state index contributed by atoms with van der Waals surface area (Å²) in [6, 6.07) is 11.5. The number of rotatable bonds is 7.